The fourth-order valence-electron chi connectivity index (χ4n) is 1.83. The fraction of sp³-hybridized carbons (Fsp3) is 0.214. The van der Waals surface area contributed by atoms with E-state index in [-0.39, 0.29) is 0 Å². The summed E-state index contributed by atoms with van der Waals surface area (Å²) in [6, 6.07) is 7.89. The van der Waals surface area contributed by atoms with E-state index in [2.05, 4.69) is 23.8 Å². The van der Waals surface area contributed by atoms with Crippen LogP contribution in [-0.4, -0.2) is 16.2 Å². The topological polar surface area (TPSA) is 75.7 Å². The molecule has 1 aromatic heterocycles. The molecule has 1 heterocycles. The van der Waals surface area contributed by atoms with Crippen LogP contribution in [0, 0.1) is 5.41 Å². The van der Waals surface area contributed by atoms with E-state index in [1.54, 1.807) is 0 Å². The minimum absolute atomic E-state index is 0.296. The van der Waals surface area contributed by atoms with E-state index in [4.69, 9.17) is 11.1 Å². The van der Waals surface area contributed by atoms with E-state index < -0.39 is 0 Å². The number of nitrogens with zero attached hydrogens (tertiary/aromatic N) is 2. The molecule has 0 amide bonds. The molecule has 4 nitrogen and oxygen atoms in total. The molecule has 0 atom stereocenters. The number of hydrogen-bond donors (Lipinski definition) is 2. The Morgan fingerprint density at radius 1 is 1.28 bits per heavy atom. The predicted molar refractivity (Wildman–Crippen MR) is 74.6 cm³/mol. The average Bonchev–Trinajstić information content (AvgIpc) is 2.37. The molecule has 0 aliphatic heterocycles. The Morgan fingerprint density at radius 2 is 2.00 bits per heavy atom. The summed E-state index contributed by atoms with van der Waals surface area (Å²) < 4.78 is 0. The molecule has 18 heavy (non-hydrogen) atoms. The Hall–Kier alpha value is -2.23. The molecule has 0 spiro atoms. The van der Waals surface area contributed by atoms with Crippen LogP contribution in [0.1, 0.15) is 31.3 Å². The summed E-state index contributed by atoms with van der Waals surface area (Å²) in [5, 5.41) is 8.10. The van der Waals surface area contributed by atoms with Gasteiger partial charge in [0.2, 0.25) is 0 Å². The molecule has 1 aromatic carbocycles. The molecule has 3 N–H and O–H groups in total. The first-order valence-corrected chi connectivity index (χ1v) is 5.86. The van der Waals surface area contributed by atoms with Gasteiger partial charge >= 0.3 is 0 Å². The third-order valence-electron chi connectivity index (χ3n) is 2.70. The molecule has 4 heteroatoms. The van der Waals surface area contributed by atoms with E-state index >= 15 is 0 Å². The van der Waals surface area contributed by atoms with Gasteiger partial charge in [-0.2, -0.15) is 0 Å². The summed E-state index contributed by atoms with van der Waals surface area (Å²) in [6.07, 6.45) is 2.64. The van der Waals surface area contributed by atoms with Crippen molar-refractivity contribution in [3.63, 3.8) is 0 Å². The van der Waals surface area contributed by atoms with Gasteiger partial charge in [0.15, 0.2) is 5.82 Å². The third kappa shape index (κ3) is 2.22. The minimum atomic E-state index is 0.296. The standard InChI is InChI=1S/C14H16N4/c1-9(2)13-10-5-3-4-6-12(10)17-14(18-13)11(16)7-8-15/h3-9,15H,16H2,1-2H3. The summed E-state index contributed by atoms with van der Waals surface area (Å²) >= 11 is 0. The Labute approximate surface area is 106 Å². The molecule has 0 saturated heterocycles. The maximum Gasteiger partial charge on any atom is 0.176 e. The third-order valence-corrected chi connectivity index (χ3v) is 2.70. The van der Waals surface area contributed by atoms with Gasteiger partial charge in [0.05, 0.1) is 16.9 Å². The number of allylic oxidation sites excluding steroid dienone is 1. The van der Waals surface area contributed by atoms with Gasteiger partial charge in [-0.05, 0) is 18.1 Å². The van der Waals surface area contributed by atoms with Crippen molar-refractivity contribution in [1.82, 2.24) is 9.97 Å². The maximum absolute atomic E-state index is 7.05. The molecule has 0 bridgehead atoms. The second-order valence-electron chi connectivity index (χ2n) is 4.39. The zero-order chi connectivity index (χ0) is 13.1. The number of nitrogens with two attached hydrogens (primary N) is 1. The first-order valence-electron chi connectivity index (χ1n) is 5.86. The van der Waals surface area contributed by atoms with Gasteiger partial charge in [0, 0.05) is 11.6 Å². The highest BCUT2D eigenvalue weighted by molar-refractivity contribution is 5.84. The summed E-state index contributed by atoms with van der Waals surface area (Å²) in [7, 11) is 0. The normalized spacial score (nSPS) is 12.1. The molecule has 0 aliphatic carbocycles. The zero-order valence-corrected chi connectivity index (χ0v) is 10.5. The average molecular weight is 240 g/mol. The van der Waals surface area contributed by atoms with Gasteiger partial charge in [-0.25, -0.2) is 9.97 Å². The molecule has 0 radical (unpaired) electrons. The van der Waals surface area contributed by atoms with E-state index in [1.165, 1.54) is 6.08 Å². The molecule has 2 aromatic rings. The lowest BCUT2D eigenvalue weighted by Gasteiger charge is -2.11. The number of hydrogen-bond acceptors (Lipinski definition) is 4. The van der Waals surface area contributed by atoms with Crippen LogP contribution in [0.4, 0.5) is 0 Å². The zero-order valence-electron chi connectivity index (χ0n) is 10.5. The molecular weight excluding hydrogens is 224 g/mol. The molecule has 0 aliphatic rings. The summed E-state index contributed by atoms with van der Waals surface area (Å²) in [5.74, 6) is 0.783. The van der Waals surface area contributed by atoms with Crippen LogP contribution in [0.2, 0.25) is 0 Å². The van der Waals surface area contributed by atoms with E-state index in [1.807, 2.05) is 24.3 Å². The molecular formula is C14H16N4. The summed E-state index contributed by atoms with van der Waals surface area (Å²) in [6.45, 7) is 4.18. The lowest BCUT2D eigenvalue weighted by atomic mass is 10.0. The Balaban J connectivity index is 2.72. The van der Waals surface area contributed by atoms with Crippen molar-refractivity contribution >= 4 is 22.8 Å². The fourth-order valence-corrected chi connectivity index (χ4v) is 1.83. The maximum atomic E-state index is 7.05. The van der Waals surface area contributed by atoms with Crippen molar-refractivity contribution in [2.24, 2.45) is 5.73 Å². The monoisotopic (exact) mass is 240 g/mol. The molecule has 0 fully saturated rings. The number of fused-ring (bicyclic) bond motifs is 1. The van der Waals surface area contributed by atoms with Crippen LogP contribution < -0.4 is 5.73 Å². The van der Waals surface area contributed by atoms with E-state index in [9.17, 15) is 0 Å². The second-order valence-corrected chi connectivity index (χ2v) is 4.39. The minimum Gasteiger partial charge on any atom is -0.396 e. The second kappa shape index (κ2) is 4.96. The summed E-state index contributed by atoms with van der Waals surface area (Å²) in [5.41, 5.74) is 8.13. The Bertz CT molecular complexity index is 614. The smallest absolute Gasteiger partial charge is 0.176 e. The van der Waals surface area contributed by atoms with Crippen LogP contribution in [0.5, 0.6) is 0 Å². The van der Waals surface area contributed by atoms with Crippen molar-refractivity contribution in [3.05, 3.63) is 41.9 Å². The lowest BCUT2D eigenvalue weighted by molar-refractivity contribution is 0.824. The van der Waals surface area contributed by atoms with Gasteiger partial charge < -0.3 is 11.1 Å². The van der Waals surface area contributed by atoms with Crippen LogP contribution >= 0.6 is 0 Å². The van der Waals surface area contributed by atoms with Crippen molar-refractivity contribution in [1.29, 1.82) is 5.41 Å². The van der Waals surface area contributed by atoms with Crippen molar-refractivity contribution < 1.29 is 0 Å². The first-order chi connectivity index (χ1) is 8.63. The van der Waals surface area contributed by atoms with E-state index in [0.29, 0.717) is 17.4 Å². The van der Waals surface area contributed by atoms with Crippen LogP contribution in [-0.2, 0) is 0 Å². The van der Waals surface area contributed by atoms with E-state index in [0.717, 1.165) is 22.8 Å². The van der Waals surface area contributed by atoms with Crippen LogP contribution in [0.15, 0.2) is 30.3 Å². The molecule has 0 saturated carbocycles. The number of aromatic nitrogens is 2. The van der Waals surface area contributed by atoms with Gasteiger partial charge in [-0.3, -0.25) is 0 Å². The highest BCUT2D eigenvalue weighted by atomic mass is 14.9. The van der Waals surface area contributed by atoms with Gasteiger partial charge in [0.25, 0.3) is 0 Å². The van der Waals surface area contributed by atoms with Crippen molar-refractivity contribution in [2.75, 3.05) is 0 Å². The summed E-state index contributed by atoms with van der Waals surface area (Å²) in [4.78, 5) is 8.94. The molecule has 0 unspecified atom stereocenters. The Kier molecular flexibility index (Phi) is 3.37. The van der Waals surface area contributed by atoms with Crippen molar-refractivity contribution in [2.45, 2.75) is 19.8 Å². The van der Waals surface area contributed by atoms with Crippen LogP contribution in [0.25, 0.3) is 16.6 Å². The SMILES string of the molecule is CC(C)c1nc(C(N)=CC=N)nc2ccccc12. The first kappa shape index (κ1) is 12.2. The highest BCUT2D eigenvalue weighted by Gasteiger charge is 2.11. The predicted octanol–water partition coefficient (Wildman–Crippen LogP) is 2.70. The lowest BCUT2D eigenvalue weighted by Crippen LogP contribution is -2.07. The van der Waals surface area contributed by atoms with Gasteiger partial charge in [-0.1, -0.05) is 32.0 Å². The number of nitrogens with one attached hydrogen (secondary N) is 1. The Morgan fingerprint density at radius 3 is 2.67 bits per heavy atom. The van der Waals surface area contributed by atoms with Gasteiger partial charge in [0.1, 0.15) is 0 Å². The van der Waals surface area contributed by atoms with Crippen molar-refractivity contribution in [3.8, 4) is 0 Å². The molecule has 92 valence electrons. The number of benzene rings is 1. The quantitative estimate of drug-likeness (QED) is 0.810. The van der Waals surface area contributed by atoms with Gasteiger partial charge in [-0.15, -0.1) is 0 Å². The number of rotatable bonds is 3. The van der Waals surface area contributed by atoms with Crippen LogP contribution in [0.3, 0.4) is 0 Å². The highest BCUT2D eigenvalue weighted by Crippen LogP contribution is 2.23. The molecule has 2 rings (SSSR count). The largest absolute Gasteiger partial charge is 0.396 e. The number of para-hydroxylation sites is 1.